The molecule has 3 aliphatic rings. The van der Waals surface area contributed by atoms with Crippen molar-refractivity contribution in [3.05, 3.63) is 42.2 Å². The fraction of sp³-hybridized carbons (Fsp3) is 0.522. The first-order valence-corrected chi connectivity index (χ1v) is 10.3. The Balaban J connectivity index is 1.34. The molecule has 4 heteroatoms. The summed E-state index contributed by atoms with van der Waals surface area (Å²) in [4.78, 5) is 19.6. The Hall–Kier alpha value is -2.41. The van der Waals surface area contributed by atoms with Crippen molar-refractivity contribution in [1.82, 2.24) is 9.88 Å². The van der Waals surface area contributed by atoms with E-state index >= 15 is 0 Å². The second-order valence-corrected chi connectivity index (χ2v) is 8.70. The molecule has 3 fully saturated rings. The van der Waals surface area contributed by atoms with Gasteiger partial charge in [0.1, 0.15) is 5.41 Å². The maximum absolute atomic E-state index is 13.1. The quantitative estimate of drug-likeness (QED) is 0.823. The normalized spacial score (nSPS) is 28.6. The summed E-state index contributed by atoms with van der Waals surface area (Å²) in [6, 6.07) is 11.6. The molecule has 2 aromatic rings. The summed E-state index contributed by atoms with van der Waals surface area (Å²) in [5, 5.41) is 12.1. The second kappa shape index (κ2) is 6.34. The van der Waals surface area contributed by atoms with Crippen LogP contribution in [0.4, 0.5) is 0 Å². The van der Waals surface area contributed by atoms with Crippen LogP contribution in [0, 0.1) is 22.7 Å². The zero-order valence-corrected chi connectivity index (χ0v) is 15.6. The van der Waals surface area contributed by atoms with Gasteiger partial charge in [0.15, 0.2) is 0 Å². The van der Waals surface area contributed by atoms with E-state index in [1.54, 1.807) is 0 Å². The minimum Gasteiger partial charge on any atom is -0.335 e. The molecule has 1 aliphatic carbocycles. The number of hydrogen-bond donors (Lipinski definition) is 0. The molecule has 138 valence electrons. The molecule has 1 aromatic carbocycles. The van der Waals surface area contributed by atoms with E-state index in [0.717, 1.165) is 51.4 Å². The monoisotopic (exact) mass is 359 g/mol. The van der Waals surface area contributed by atoms with Crippen molar-refractivity contribution in [3.63, 3.8) is 0 Å². The standard InChI is InChI=1S/C23H25N3O/c24-15-23(8-2-9-23)22(27)26-19-5-6-20(26)13-16(12-19)11-18-4-1-3-17-7-10-25-14-21(17)18/h1,3-4,7,10,14,16,19-20H,2,5-6,8-9,11-13H2. The van der Waals surface area contributed by atoms with Gasteiger partial charge in [0.2, 0.25) is 5.91 Å². The molecular weight excluding hydrogens is 334 g/mol. The number of nitriles is 1. The van der Waals surface area contributed by atoms with Gasteiger partial charge in [0.25, 0.3) is 0 Å². The van der Waals surface area contributed by atoms with Crippen molar-refractivity contribution in [2.24, 2.45) is 11.3 Å². The maximum Gasteiger partial charge on any atom is 0.243 e. The minimum atomic E-state index is -0.699. The van der Waals surface area contributed by atoms with Crippen molar-refractivity contribution >= 4 is 16.7 Å². The smallest absolute Gasteiger partial charge is 0.243 e. The van der Waals surface area contributed by atoms with E-state index < -0.39 is 5.41 Å². The lowest BCUT2D eigenvalue weighted by atomic mass is 9.68. The molecule has 0 N–H and O–H groups in total. The van der Waals surface area contributed by atoms with Crippen LogP contribution in [0.1, 0.15) is 50.5 Å². The summed E-state index contributed by atoms with van der Waals surface area (Å²) in [6.45, 7) is 0. The summed E-state index contributed by atoms with van der Waals surface area (Å²) >= 11 is 0. The Morgan fingerprint density at radius 2 is 2.00 bits per heavy atom. The Morgan fingerprint density at radius 1 is 1.22 bits per heavy atom. The number of carbonyl (C=O) groups excluding carboxylic acids is 1. The van der Waals surface area contributed by atoms with E-state index in [9.17, 15) is 10.1 Å². The topological polar surface area (TPSA) is 57.0 Å². The number of piperidine rings is 1. The number of pyridine rings is 1. The molecule has 2 bridgehead atoms. The summed E-state index contributed by atoms with van der Waals surface area (Å²) < 4.78 is 0. The Morgan fingerprint density at radius 3 is 2.67 bits per heavy atom. The Bertz CT molecular complexity index is 907. The maximum atomic E-state index is 13.1. The summed E-state index contributed by atoms with van der Waals surface area (Å²) in [5.74, 6) is 0.744. The highest BCUT2D eigenvalue weighted by atomic mass is 16.2. The van der Waals surface area contributed by atoms with Gasteiger partial charge in [0.05, 0.1) is 6.07 Å². The molecule has 0 radical (unpaired) electrons. The summed E-state index contributed by atoms with van der Waals surface area (Å²) in [5.41, 5.74) is 0.673. The first kappa shape index (κ1) is 16.7. The summed E-state index contributed by atoms with van der Waals surface area (Å²) in [7, 11) is 0. The number of fused-ring (bicyclic) bond motifs is 3. The van der Waals surface area contributed by atoms with Gasteiger partial charge in [-0.2, -0.15) is 5.26 Å². The lowest BCUT2D eigenvalue weighted by Crippen LogP contribution is -2.54. The lowest BCUT2D eigenvalue weighted by Gasteiger charge is -2.45. The molecule has 27 heavy (non-hydrogen) atoms. The number of carbonyl (C=O) groups is 1. The van der Waals surface area contributed by atoms with E-state index in [0.29, 0.717) is 18.0 Å². The van der Waals surface area contributed by atoms with Gasteiger partial charge in [-0.25, -0.2) is 0 Å². The molecule has 2 aliphatic heterocycles. The van der Waals surface area contributed by atoms with Crippen LogP contribution in [0.15, 0.2) is 36.7 Å². The number of amides is 1. The van der Waals surface area contributed by atoms with E-state index in [1.165, 1.54) is 16.3 Å². The molecule has 1 aromatic heterocycles. The molecule has 2 saturated heterocycles. The van der Waals surface area contributed by atoms with Crippen LogP contribution in [-0.2, 0) is 11.2 Å². The minimum absolute atomic E-state index is 0.136. The van der Waals surface area contributed by atoms with E-state index in [2.05, 4.69) is 40.2 Å². The molecule has 3 heterocycles. The van der Waals surface area contributed by atoms with Gasteiger partial charge in [-0.3, -0.25) is 9.78 Å². The van der Waals surface area contributed by atoms with Gasteiger partial charge in [-0.15, -0.1) is 0 Å². The van der Waals surface area contributed by atoms with Crippen LogP contribution in [0.2, 0.25) is 0 Å². The molecule has 1 saturated carbocycles. The van der Waals surface area contributed by atoms with Gasteiger partial charge in [0, 0.05) is 29.9 Å². The highest BCUT2D eigenvalue weighted by molar-refractivity contribution is 5.87. The average Bonchev–Trinajstić information content (AvgIpc) is 2.92. The van der Waals surface area contributed by atoms with Crippen molar-refractivity contribution < 1.29 is 4.79 Å². The molecular formula is C23H25N3O. The van der Waals surface area contributed by atoms with Crippen LogP contribution in [0.25, 0.3) is 10.8 Å². The van der Waals surface area contributed by atoms with E-state index in [-0.39, 0.29) is 5.91 Å². The predicted molar refractivity (Wildman–Crippen MR) is 104 cm³/mol. The number of nitrogens with zero attached hydrogens (tertiary/aromatic N) is 3. The van der Waals surface area contributed by atoms with Gasteiger partial charge in [-0.05, 0) is 74.3 Å². The summed E-state index contributed by atoms with van der Waals surface area (Å²) in [6.07, 6.45) is 11.8. The first-order chi connectivity index (χ1) is 13.2. The fourth-order valence-electron chi connectivity index (χ4n) is 5.60. The number of rotatable bonds is 3. The largest absolute Gasteiger partial charge is 0.335 e. The highest BCUT2D eigenvalue weighted by Gasteiger charge is 2.52. The number of aromatic nitrogens is 1. The van der Waals surface area contributed by atoms with Crippen molar-refractivity contribution in [3.8, 4) is 6.07 Å². The van der Waals surface area contributed by atoms with E-state index in [1.807, 2.05) is 12.4 Å². The zero-order chi connectivity index (χ0) is 18.4. The predicted octanol–water partition coefficient (Wildman–Crippen LogP) is 4.24. The molecule has 1 amide bonds. The third-order valence-electron chi connectivity index (χ3n) is 7.18. The SMILES string of the molecule is N#CC1(C(=O)N2C3CCC2CC(Cc2cccc4ccncc24)C3)CCC1. The van der Waals surface area contributed by atoms with Crippen LogP contribution < -0.4 is 0 Å². The first-order valence-electron chi connectivity index (χ1n) is 10.3. The lowest BCUT2D eigenvalue weighted by molar-refractivity contribution is -0.148. The zero-order valence-electron chi connectivity index (χ0n) is 15.6. The molecule has 2 unspecified atom stereocenters. The molecule has 2 atom stereocenters. The average molecular weight is 359 g/mol. The van der Waals surface area contributed by atoms with Crippen LogP contribution in [0.3, 0.4) is 0 Å². The molecule has 0 spiro atoms. The Kier molecular flexibility index (Phi) is 3.93. The van der Waals surface area contributed by atoms with Crippen LogP contribution >= 0.6 is 0 Å². The van der Waals surface area contributed by atoms with E-state index in [4.69, 9.17) is 0 Å². The number of hydrogen-bond acceptors (Lipinski definition) is 3. The second-order valence-electron chi connectivity index (χ2n) is 8.70. The third-order valence-corrected chi connectivity index (χ3v) is 7.18. The van der Waals surface area contributed by atoms with Crippen LogP contribution in [0.5, 0.6) is 0 Å². The van der Waals surface area contributed by atoms with Gasteiger partial charge >= 0.3 is 0 Å². The third kappa shape index (κ3) is 2.64. The van der Waals surface area contributed by atoms with Gasteiger partial charge < -0.3 is 4.90 Å². The number of benzene rings is 1. The fourth-order valence-corrected chi connectivity index (χ4v) is 5.60. The van der Waals surface area contributed by atoms with Crippen molar-refractivity contribution in [2.75, 3.05) is 0 Å². The molecule has 4 nitrogen and oxygen atoms in total. The molecule has 5 rings (SSSR count). The highest BCUT2D eigenvalue weighted by Crippen LogP contribution is 2.47. The van der Waals surface area contributed by atoms with Gasteiger partial charge in [-0.1, -0.05) is 18.2 Å². The van der Waals surface area contributed by atoms with Crippen molar-refractivity contribution in [1.29, 1.82) is 5.26 Å². The Labute approximate surface area is 160 Å². The van der Waals surface area contributed by atoms with Crippen LogP contribution in [-0.4, -0.2) is 27.9 Å². The van der Waals surface area contributed by atoms with Crippen molar-refractivity contribution in [2.45, 2.75) is 63.5 Å².